The van der Waals surface area contributed by atoms with Crippen LogP contribution in [-0.2, 0) is 0 Å². The third kappa shape index (κ3) is 2.10. The maximum absolute atomic E-state index is 12.8. The van der Waals surface area contributed by atoms with Gasteiger partial charge in [-0.1, -0.05) is 0 Å². The van der Waals surface area contributed by atoms with Crippen molar-refractivity contribution in [3.63, 3.8) is 0 Å². The number of pyridine rings is 1. The van der Waals surface area contributed by atoms with Crippen LogP contribution >= 0.6 is 0 Å². The molecule has 1 aromatic rings. The fourth-order valence-electron chi connectivity index (χ4n) is 1.97. The largest absolute Gasteiger partial charge is 0.378 e. The number of hydrogen-bond donors (Lipinski definition) is 1. The molecule has 4 heteroatoms. The molecule has 1 aliphatic rings. The lowest BCUT2D eigenvalue weighted by atomic mass is 9.90. The first-order valence-electron chi connectivity index (χ1n) is 5.69. The van der Waals surface area contributed by atoms with Crippen LogP contribution in [0, 0.1) is 0 Å². The van der Waals surface area contributed by atoms with E-state index in [1.165, 1.54) is 0 Å². The first kappa shape index (κ1) is 11.2. The minimum absolute atomic E-state index is 0.0383. The quantitative estimate of drug-likeness (QED) is 0.855. The number of aromatic nitrogens is 1. The lowest BCUT2D eigenvalue weighted by molar-refractivity contribution is 0.134. The standard InChI is InChI=1S/C12H17FN2O/c1-8(2)14-11-4-3-5-15(12(11)16)10-6-9(13)7-10/h3-5,8-10,14H,6-7H2,1-2H3. The van der Waals surface area contributed by atoms with E-state index in [4.69, 9.17) is 0 Å². The van der Waals surface area contributed by atoms with Gasteiger partial charge in [-0.2, -0.15) is 0 Å². The summed E-state index contributed by atoms with van der Waals surface area (Å²) in [6.45, 7) is 3.97. The molecule has 88 valence electrons. The fourth-order valence-corrected chi connectivity index (χ4v) is 1.97. The molecule has 1 fully saturated rings. The third-order valence-electron chi connectivity index (χ3n) is 2.87. The molecular formula is C12H17FN2O. The average Bonchev–Trinajstić information content (AvgIpc) is 2.16. The number of anilines is 1. The van der Waals surface area contributed by atoms with Gasteiger partial charge in [-0.25, -0.2) is 4.39 Å². The van der Waals surface area contributed by atoms with Crippen LogP contribution in [0.25, 0.3) is 0 Å². The highest BCUT2D eigenvalue weighted by atomic mass is 19.1. The van der Waals surface area contributed by atoms with Crippen LogP contribution in [0.3, 0.4) is 0 Å². The van der Waals surface area contributed by atoms with Crippen molar-refractivity contribution in [2.45, 2.75) is 44.9 Å². The Morgan fingerprint density at radius 2 is 2.19 bits per heavy atom. The van der Waals surface area contributed by atoms with Gasteiger partial charge in [0.25, 0.3) is 5.56 Å². The van der Waals surface area contributed by atoms with Crippen LogP contribution in [0.2, 0.25) is 0 Å². The first-order valence-corrected chi connectivity index (χ1v) is 5.69. The molecule has 0 aliphatic heterocycles. The predicted octanol–water partition coefficient (Wildman–Crippen LogP) is 2.34. The van der Waals surface area contributed by atoms with Crippen LogP contribution in [0.15, 0.2) is 23.1 Å². The third-order valence-corrected chi connectivity index (χ3v) is 2.87. The van der Waals surface area contributed by atoms with Crippen molar-refractivity contribution in [1.82, 2.24) is 4.57 Å². The van der Waals surface area contributed by atoms with E-state index in [9.17, 15) is 9.18 Å². The second-order valence-corrected chi connectivity index (χ2v) is 4.66. The average molecular weight is 224 g/mol. The van der Waals surface area contributed by atoms with Crippen LogP contribution < -0.4 is 10.9 Å². The maximum Gasteiger partial charge on any atom is 0.274 e. The monoisotopic (exact) mass is 224 g/mol. The number of nitrogens with zero attached hydrogens (tertiary/aromatic N) is 1. The Kier molecular flexibility index (Phi) is 2.99. The van der Waals surface area contributed by atoms with Gasteiger partial charge in [-0.05, 0) is 38.8 Å². The van der Waals surface area contributed by atoms with E-state index in [2.05, 4.69) is 5.32 Å². The van der Waals surface area contributed by atoms with Gasteiger partial charge in [0.1, 0.15) is 11.9 Å². The van der Waals surface area contributed by atoms with Gasteiger partial charge in [0, 0.05) is 18.3 Å². The Labute approximate surface area is 94.3 Å². The van der Waals surface area contributed by atoms with Gasteiger partial charge in [-0.15, -0.1) is 0 Å². The SMILES string of the molecule is CC(C)Nc1cccn(C2CC(F)C2)c1=O. The second-order valence-electron chi connectivity index (χ2n) is 4.66. The van der Waals surface area contributed by atoms with Gasteiger partial charge < -0.3 is 9.88 Å². The van der Waals surface area contributed by atoms with E-state index < -0.39 is 6.17 Å². The van der Waals surface area contributed by atoms with Crippen molar-refractivity contribution < 1.29 is 4.39 Å². The Bertz CT molecular complexity index is 421. The summed E-state index contributed by atoms with van der Waals surface area (Å²) in [6, 6.07) is 3.86. The van der Waals surface area contributed by atoms with Crippen molar-refractivity contribution in [3.8, 4) is 0 Å². The van der Waals surface area contributed by atoms with Gasteiger partial charge in [0.15, 0.2) is 0 Å². The highest BCUT2D eigenvalue weighted by Crippen LogP contribution is 2.33. The minimum Gasteiger partial charge on any atom is -0.378 e. The van der Waals surface area contributed by atoms with Gasteiger partial charge in [0.05, 0.1) is 0 Å². The summed E-state index contributed by atoms with van der Waals surface area (Å²) in [5.41, 5.74) is 0.549. The van der Waals surface area contributed by atoms with Gasteiger partial charge >= 0.3 is 0 Å². The zero-order chi connectivity index (χ0) is 11.7. The fraction of sp³-hybridized carbons (Fsp3) is 0.583. The molecule has 1 aliphatic carbocycles. The summed E-state index contributed by atoms with van der Waals surface area (Å²) in [7, 11) is 0. The Morgan fingerprint density at radius 3 is 2.75 bits per heavy atom. The molecule has 0 spiro atoms. The topological polar surface area (TPSA) is 34.0 Å². The zero-order valence-corrected chi connectivity index (χ0v) is 9.61. The number of nitrogens with one attached hydrogen (secondary N) is 1. The van der Waals surface area contributed by atoms with E-state index in [0.717, 1.165) is 0 Å². The van der Waals surface area contributed by atoms with Crippen molar-refractivity contribution in [1.29, 1.82) is 0 Å². The Hall–Kier alpha value is -1.32. The van der Waals surface area contributed by atoms with Crippen LogP contribution in [-0.4, -0.2) is 16.8 Å². The van der Waals surface area contributed by atoms with E-state index >= 15 is 0 Å². The molecule has 3 nitrogen and oxygen atoms in total. The number of rotatable bonds is 3. The highest BCUT2D eigenvalue weighted by Gasteiger charge is 2.30. The second kappa shape index (κ2) is 4.28. The number of halogens is 1. The summed E-state index contributed by atoms with van der Waals surface area (Å²) in [5.74, 6) is 0. The molecule has 0 amide bonds. The lowest BCUT2D eigenvalue weighted by Gasteiger charge is -2.31. The van der Waals surface area contributed by atoms with Crippen molar-refractivity contribution in [2.75, 3.05) is 5.32 Å². The summed E-state index contributed by atoms with van der Waals surface area (Å²) in [4.78, 5) is 12.0. The van der Waals surface area contributed by atoms with E-state index in [1.807, 2.05) is 19.9 Å². The summed E-state index contributed by atoms with van der Waals surface area (Å²) in [5, 5.41) is 3.10. The Morgan fingerprint density at radius 1 is 1.50 bits per heavy atom. The summed E-state index contributed by atoms with van der Waals surface area (Å²) < 4.78 is 14.4. The van der Waals surface area contributed by atoms with Crippen molar-refractivity contribution >= 4 is 5.69 Å². The molecule has 0 radical (unpaired) electrons. The molecule has 1 saturated carbocycles. The molecule has 1 N–H and O–H groups in total. The molecule has 0 saturated heterocycles. The molecule has 0 bridgehead atoms. The first-order chi connectivity index (χ1) is 7.58. The van der Waals surface area contributed by atoms with Gasteiger partial charge in [-0.3, -0.25) is 4.79 Å². The molecule has 16 heavy (non-hydrogen) atoms. The molecule has 2 rings (SSSR count). The van der Waals surface area contributed by atoms with Crippen LogP contribution in [0.5, 0.6) is 0 Å². The summed E-state index contributed by atoms with van der Waals surface area (Å²) in [6.07, 6.45) is 1.93. The number of hydrogen-bond acceptors (Lipinski definition) is 2. The zero-order valence-electron chi connectivity index (χ0n) is 9.61. The molecule has 0 aromatic carbocycles. The van der Waals surface area contributed by atoms with E-state index in [-0.39, 0.29) is 17.6 Å². The van der Waals surface area contributed by atoms with Gasteiger partial charge in [0.2, 0.25) is 0 Å². The predicted molar refractivity (Wildman–Crippen MR) is 62.6 cm³/mol. The van der Waals surface area contributed by atoms with Crippen LogP contribution in [0.4, 0.5) is 10.1 Å². The molecule has 1 heterocycles. The summed E-state index contributed by atoms with van der Waals surface area (Å²) >= 11 is 0. The highest BCUT2D eigenvalue weighted by molar-refractivity contribution is 5.41. The molecule has 0 unspecified atom stereocenters. The molecule has 0 atom stereocenters. The normalized spacial score (nSPS) is 24.2. The van der Waals surface area contributed by atoms with E-state index in [0.29, 0.717) is 18.5 Å². The minimum atomic E-state index is -0.737. The lowest BCUT2D eigenvalue weighted by Crippen LogP contribution is -2.35. The number of alkyl halides is 1. The Balaban J connectivity index is 2.23. The molecular weight excluding hydrogens is 207 g/mol. The van der Waals surface area contributed by atoms with E-state index in [1.54, 1.807) is 16.8 Å². The maximum atomic E-state index is 12.8. The van der Waals surface area contributed by atoms with Crippen LogP contribution in [0.1, 0.15) is 32.7 Å². The smallest absolute Gasteiger partial charge is 0.274 e. The van der Waals surface area contributed by atoms with Crippen molar-refractivity contribution in [2.24, 2.45) is 0 Å². The van der Waals surface area contributed by atoms with Crippen molar-refractivity contribution in [3.05, 3.63) is 28.7 Å². The molecule has 1 aromatic heterocycles.